The van der Waals surface area contributed by atoms with E-state index >= 15 is 0 Å². The van der Waals surface area contributed by atoms with E-state index < -0.39 is 12.6 Å². The maximum Gasteiger partial charge on any atom is 0.389 e. The van der Waals surface area contributed by atoms with Crippen LogP contribution in [0.1, 0.15) is 70.9 Å². The monoisotopic (exact) mass is 775 g/mol. The van der Waals surface area contributed by atoms with Gasteiger partial charge in [-0.1, -0.05) is 77.6 Å². The summed E-state index contributed by atoms with van der Waals surface area (Å²) in [4.78, 5) is 16.4. The first-order chi connectivity index (χ1) is 19.0. The predicted molar refractivity (Wildman–Crippen MR) is 165 cm³/mol. The first kappa shape index (κ1) is 35.7. The number of hydrogen-bond acceptors (Lipinski definition) is 4. The van der Waals surface area contributed by atoms with Gasteiger partial charge in [-0.05, 0) is 35.8 Å². The number of carbonyl (C=O) groups is 1. The number of aliphatic hydroxyl groups is 1. The summed E-state index contributed by atoms with van der Waals surface area (Å²) < 4.78 is 39.2. The van der Waals surface area contributed by atoms with Crippen LogP contribution >= 0.6 is 11.3 Å². The number of rotatable bonds is 6. The van der Waals surface area contributed by atoms with E-state index in [1.54, 1.807) is 6.20 Å². The van der Waals surface area contributed by atoms with Crippen molar-refractivity contribution in [2.45, 2.75) is 79.8 Å². The molecule has 0 saturated heterocycles. The number of carbonyl (C=O) groups excluding carboxylic acids is 1. The minimum Gasteiger partial charge on any atom is -0.512 e. The van der Waals surface area contributed by atoms with E-state index in [1.807, 2.05) is 58.9 Å². The number of halogens is 3. The van der Waals surface area contributed by atoms with E-state index in [-0.39, 0.29) is 55.3 Å². The van der Waals surface area contributed by atoms with Gasteiger partial charge in [0.15, 0.2) is 5.78 Å². The van der Waals surface area contributed by atoms with Gasteiger partial charge >= 0.3 is 6.18 Å². The van der Waals surface area contributed by atoms with Crippen LogP contribution in [-0.4, -0.2) is 22.1 Å². The molecule has 2 heterocycles. The van der Waals surface area contributed by atoms with Crippen molar-refractivity contribution in [2.24, 2.45) is 11.8 Å². The van der Waals surface area contributed by atoms with E-state index in [1.165, 1.54) is 23.0 Å². The van der Waals surface area contributed by atoms with Gasteiger partial charge in [0, 0.05) is 65.9 Å². The van der Waals surface area contributed by atoms with E-state index in [0.29, 0.717) is 0 Å². The summed E-state index contributed by atoms with van der Waals surface area (Å²) in [5.41, 5.74) is 3.72. The van der Waals surface area contributed by atoms with Gasteiger partial charge in [-0.3, -0.25) is 9.78 Å². The summed E-state index contributed by atoms with van der Waals surface area (Å²) in [5, 5.41) is 12.3. The van der Waals surface area contributed by atoms with Crippen molar-refractivity contribution in [1.82, 2.24) is 4.98 Å². The third kappa shape index (κ3) is 8.98. The van der Waals surface area contributed by atoms with E-state index in [4.69, 9.17) is 0 Å². The van der Waals surface area contributed by atoms with Gasteiger partial charge in [0.05, 0.1) is 5.76 Å². The number of allylic oxidation sites excluding steroid dienone is 2. The molecule has 229 valence electrons. The van der Waals surface area contributed by atoms with Crippen LogP contribution in [0.15, 0.2) is 54.4 Å². The fourth-order valence-corrected chi connectivity index (χ4v) is 5.64. The second-order valence-electron chi connectivity index (χ2n) is 12.0. The topological polar surface area (TPSA) is 50.2 Å². The Balaban J connectivity index is 0.000000440. The number of aliphatic hydroxyl groups excluding tert-OH is 1. The van der Waals surface area contributed by atoms with Crippen LogP contribution in [0.3, 0.4) is 0 Å². The standard InChI is InChI=1S/C25H23F3NS.C9H16O2.Ir/c1-15-18-10-12-29-22(23(18)30-21(15)9-11-25(26,27)28)17-13-16-7-5-6-8-19(16)20(14-17)24(2,3)4;1-6(2)8(10)5-9(11)7(3)4;/h5-8,10,12,14H,9,11H2,1-4H3;5-7,10H,1-4H3;/q-1;;/b;8-5-;. The number of hydrogen-bond donors (Lipinski definition) is 1. The van der Waals surface area contributed by atoms with Gasteiger partial charge in [0.25, 0.3) is 0 Å². The Labute approximate surface area is 264 Å². The minimum atomic E-state index is -4.16. The van der Waals surface area contributed by atoms with E-state index in [2.05, 4.69) is 44.0 Å². The predicted octanol–water partition coefficient (Wildman–Crippen LogP) is 10.3. The van der Waals surface area contributed by atoms with Crippen molar-refractivity contribution in [3.05, 3.63) is 76.5 Å². The summed E-state index contributed by atoms with van der Waals surface area (Å²) in [6.07, 6.45) is -1.90. The molecule has 3 nitrogen and oxygen atoms in total. The molecule has 0 saturated carbocycles. The number of pyridine rings is 1. The zero-order chi connectivity index (χ0) is 30.7. The minimum absolute atomic E-state index is 0. The van der Waals surface area contributed by atoms with Gasteiger partial charge in [0.1, 0.15) is 0 Å². The Morgan fingerprint density at radius 3 is 2.26 bits per heavy atom. The maximum absolute atomic E-state index is 12.8. The van der Waals surface area contributed by atoms with Crippen LogP contribution in [-0.2, 0) is 36.7 Å². The normalized spacial score (nSPS) is 12.5. The number of thiophene rings is 1. The zero-order valence-electron chi connectivity index (χ0n) is 25.4. The van der Waals surface area contributed by atoms with Gasteiger partial charge in [-0.2, -0.15) is 13.2 Å². The average Bonchev–Trinajstić information content (AvgIpc) is 3.21. The molecule has 0 bridgehead atoms. The summed E-state index contributed by atoms with van der Waals surface area (Å²) in [7, 11) is 0. The Hall–Kier alpha value is -2.54. The van der Waals surface area contributed by atoms with Gasteiger partial charge < -0.3 is 5.11 Å². The molecule has 0 aliphatic carbocycles. The Morgan fingerprint density at radius 2 is 1.69 bits per heavy atom. The average molecular weight is 775 g/mol. The first-order valence-electron chi connectivity index (χ1n) is 13.8. The number of alkyl halides is 3. The van der Waals surface area contributed by atoms with Crippen LogP contribution in [0.5, 0.6) is 0 Å². The largest absolute Gasteiger partial charge is 0.512 e. The molecular weight excluding hydrogens is 736 g/mol. The summed E-state index contributed by atoms with van der Waals surface area (Å²) in [6.45, 7) is 15.8. The van der Waals surface area contributed by atoms with Crippen molar-refractivity contribution in [3.63, 3.8) is 0 Å². The number of fused-ring (bicyclic) bond motifs is 2. The molecule has 0 unspecified atom stereocenters. The molecule has 0 spiro atoms. The van der Waals surface area contributed by atoms with Crippen LogP contribution in [0.2, 0.25) is 0 Å². The second kappa shape index (κ2) is 14.3. The molecule has 42 heavy (non-hydrogen) atoms. The van der Waals surface area contributed by atoms with Gasteiger partial charge in [0.2, 0.25) is 0 Å². The zero-order valence-corrected chi connectivity index (χ0v) is 28.6. The van der Waals surface area contributed by atoms with Crippen molar-refractivity contribution in [3.8, 4) is 11.3 Å². The Bertz CT molecular complexity index is 1560. The number of benzene rings is 2. The maximum atomic E-state index is 12.8. The molecular formula is C34H39F3IrNO2S-. The first-order valence-corrected chi connectivity index (χ1v) is 14.6. The van der Waals surface area contributed by atoms with Crippen LogP contribution < -0.4 is 0 Å². The summed E-state index contributed by atoms with van der Waals surface area (Å²) in [6, 6.07) is 15.7. The molecule has 0 aliphatic heterocycles. The quantitative estimate of drug-likeness (QED) is 0.121. The number of ketones is 1. The fourth-order valence-electron chi connectivity index (χ4n) is 4.34. The van der Waals surface area contributed by atoms with Crippen molar-refractivity contribution in [2.75, 3.05) is 0 Å². The Morgan fingerprint density at radius 1 is 1.05 bits per heavy atom. The summed E-state index contributed by atoms with van der Waals surface area (Å²) in [5.74, 6) is 0.161. The smallest absolute Gasteiger partial charge is 0.389 e. The second-order valence-corrected chi connectivity index (χ2v) is 13.1. The van der Waals surface area contributed by atoms with Crippen molar-refractivity contribution >= 4 is 38.0 Å². The molecule has 4 aromatic rings. The number of aromatic nitrogens is 1. The van der Waals surface area contributed by atoms with Gasteiger partial charge in [-0.25, -0.2) is 0 Å². The molecule has 1 N–H and O–H groups in total. The number of aryl methyl sites for hydroxylation is 2. The van der Waals surface area contributed by atoms with E-state index in [0.717, 1.165) is 42.6 Å². The molecule has 1 radical (unpaired) electrons. The van der Waals surface area contributed by atoms with Gasteiger partial charge in [-0.15, -0.1) is 40.5 Å². The Kier molecular flexibility index (Phi) is 12.1. The molecule has 2 aromatic carbocycles. The molecule has 0 amide bonds. The molecule has 0 aliphatic rings. The van der Waals surface area contributed by atoms with Crippen molar-refractivity contribution < 1.29 is 43.2 Å². The molecule has 4 rings (SSSR count). The van der Waals surface area contributed by atoms with Crippen LogP contribution in [0, 0.1) is 24.8 Å². The molecule has 2 aromatic heterocycles. The summed E-state index contributed by atoms with van der Waals surface area (Å²) >= 11 is 1.42. The third-order valence-electron chi connectivity index (χ3n) is 6.88. The third-order valence-corrected chi connectivity index (χ3v) is 8.25. The van der Waals surface area contributed by atoms with E-state index in [9.17, 15) is 23.1 Å². The number of nitrogens with zero attached hydrogens (tertiary/aromatic N) is 1. The van der Waals surface area contributed by atoms with Crippen LogP contribution in [0.4, 0.5) is 13.2 Å². The fraction of sp³-hybridized carbons (Fsp3) is 0.412. The SMILES string of the molecule is CC(C)C(=O)/C=C(\O)C(C)C.Cc1c(CCC(F)(F)F)sc2c(-c3[c-]c4ccccc4c(C(C)(C)C)c3)nccc12.[Ir]. The molecule has 8 heteroatoms. The van der Waals surface area contributed by atoms with Crippen molar-refractivity contribution in [1.29, 1.82) is 0 Å². The van der Waals surface area contributed by atoms with Crippen LogP contribution in [0.25, 0.3) is 32.1 Å². The molecule has 0 atom stereocenters. The molecule has 0 fully saturated rings.